The molecule has 0 radical (unpaired) electrons. The molecule has 0 unspecified atom stereocenters. The summed E-state index contributed by atoms with van der Waals surface area (Å²) >= 11 is 3.39. The van der Waals surface area contributed by atoms with Crippen molar-refractivity contribution in [3.8, 4) is 0 Å². The fourth-order valence-electron chi connectivity index (χ4n) is 1.93. The SMILES string of the molecule is CC(=O)N(CC(=O)NC1CC1)c1ccc(Br)cc1C. The fraction of sp³-hybridized carbons (Fsp3) is 0.429. The topological polar surface area (TPSA) is 49.4 Å². The zero-order valence-electron chi connectivity index (χ0n) is 11.1. The summed E-state index contributed by atoms with van der Waals surface area (Å²) < 4.78 is 0.958. The third-order valence-electron chi connectivity index (χ3n) is 3.07. The zero-order chi connectivity index (χ0) is 14.0. The molecule has 1 N–H and O–H groups in total. The molecule has 1 aromatic carbocycles. The van der Waals surface area contributed by atoms with Crippen molar-refractivity contribution in [3.05, 3.63) is 28.2 Å². The summed E-state index contributed by atoms with van der Waals surface area (Å²) in [5, 5.41) is 2.90. The standard InChI is InChI=1S/C14H17BrN2O2/c1-9-7-11(15)3-6-13(9)17(10(2)18)8-14(19)16-12-4-5-12/h3,6-7,12H,4-5,8H2,1-2H3,(H,16,19). The Hall–Kier alpha value is -1.36. The van der Waals surface area contributed by atoms with E-state index in [0.29, 0.717) is 6.04 Å². The molecule has 5 heteroatoms. The number of amides is 2. The number of aryl methyl sites for hydroxylation is 1. The molecule has 0 bridgehead atoms. The Labute approximate surface area is 121 Å². The monoisotopic (exact) mass is 324 g/mol. The van der Waals surface area contributed by atoms with Gasteiger partial charge in [-0.3, -0.25) is 9.59 Å². The minimum absolute atomic E-state index is 0.0777. The summed E-state index contributed by atoms with van der Waals surface area (Å²) in [5.41, 5.74) is 1.74. The number of halogens is 1. The molecule has 102 valence electrons. The maximum Gasteiger partial charge on any atom is 0.240 e. The predicted molar refractivity (Wildman–Crippen MR) is 78.1 cm³/mol. The van der Waals surface area contributed by atoms with E-state index < -0.39 is 0 Å². The Morgan fingerprint density at radius 2 is 2.11 bits per heavy atom. The highest BCUT2D eigenvalue weighted by Gasteiger charge is 2.25. The van der Waals surface area contributed by atoms with Gasteiger partial charge in [0.1, 0.15) is 6.54 Å². The number of rotatable bonds is 4. The quantitative estimate of drug-likeness (QED) is 0.924. The molecule has 2 rings (SSSR count). The molecule has 1 aromatic rings. The second-order valence-corrected chi connectivity index (χ2v) is 5.79. The second-order valence-electron chi connectivity index (χ2n) is 4.88. The molecule has 1 aliphatic rings. The van der Waals surface area contributed by atoms with Crippen LogP contribution in [0.1, 0.15) is 25.3 Å². The van der Waals surface area contributed by atoms with Crippen LogP contribution in [-0.2, 0) is 9.59 Å². The van der Waals surface area contributed by atoms with Crippen molar-refractivity contribution >= 4 is 33.4 Å². The molecule has 19 heavy (non-hydrogen) atoms. The first-order chi connectivity index (χ1) is 8.97. The van der Waals surface area contributed by atoms with E-state index in [1.807, 2.05) is 25.1 Å². The van der Waals surface area contributed by atoms with Crippen molar-refractivity contribution in [2.24, 2.45) is 0 Å². The Bertz CT molecular complexity index is 512. The number of nitrogens with zero attached hydrogens (tertiary/aromatic N) is 1. The van der Waals surface area contributed by atoms with Gasteiger partial charge in [0.25, 0.3) is 0 Å². The highest BCUT2D eigenvalue weighted by atomic mass is 79.9. The van der Waals surface area contributed by atoms with Crippen LogP contribution in [0.5, 0.6) is 0 Å². The van der Waals surface area contributed by atoms with Gasteiger partial charge in [0.05, 0.1) is 0 Å². The van der Waals surface area contributed by atoms with Crippen LogP contribution in [0.15, 0.2) is 22.7 Å². The molecule has 0 aromatic heterocycles. The number of hydrogen-bond acceptors (Lipinski definition) is 2. The lowest BCUT2D eigenvalue weighted by atomic mass is 10.2. The van der Waals surface area contributed by atoms with Gasteiger partial charge in [0.15, 0.2) is 0 Å². The van der Waals surface area contributed by atoms with Crippen molar-refractivity contribution in [3.63, 3.8) is 0 Å². The molecule has 0 saturated heterocycles. The first-order valence-electron chi connectivity index (χ1n) is 6.31. The lowest BCUT2D eigenvalue weighted by Gasteiger charge is -2.22. The fourth-order valence-corrected chi connectivity index (χ4v) is 2.41. The highest BCUT2D eigenvalue weighted by molar-refractivity contribution is 9.10. The largest absolute Gasteiger partial charge is 0.352 e. The van der Waals surface area contributed by atoms with Crippen LogP contribution in [0.25, 0.3) is 0 Å². The summed E-state index contributed by atoms with van der Waals surface area (Å²) in [6, 6.07) is 5.97. The summed E-state index contributed by atoms with van der Waals surface area (Å²) in [6.45, 7) is 3.48. The van der Waals surface area contributed by atoms with Crippen molar-refractivity contribution in [2.45, 2.75) is 32.7 Å². The zero-order valence-corrected chi connectivity index (χ0v) is 12.7. The third-order valence-corrected chi connectivity index (χ3v) is 3.57. The first kappa shape index (κ1) is 14.1. The molecule has 1 saturated carbocycles. The van der Waals surface area contributed by atoms with Gasteiger partial charge in [-0.25, -0.2) is 0 Å². The normalized spacial score (nSPS) is 14.1. The van der Waals surface area contributed by atoms with Crippen LogP contribution in [0.4, 0.5) is 5.69 Å². The average molecular weight is 325 g/mol. The van der Waals surface area contributed by atoms with Gasteiger partial charge in [-0.2, -0.15) is 0 Å². The number of carbonyl (C=O) groups is 2. The van der Waals surface area contributed by atoms with E-state index in [-0.39, 0.29) is 18.4 Å². The minimum atomic E-state index is -0.128. The summed E-state index contributed by atoms with van der Waals surface area (Å²) in [5.74, 6) is -0.226. The number of anilines is 1. The molecule has 4 nitrogen and oxygen atoms in total. The van der Waals surface area contributed by atoms with Gasteiger partial charge in [0.2, 0.25) is 11.8 Å². The van der Waals surface area contributed by atoms with Crippen molar-refractivity contribution in [1.82, 2.24) is 5.32 Å². The molecule has 0 spiro atoms. The van der Waals surface area contributed by atoms with Crippen LogP contribution in [0.3, 0.4) is 0 Å². The number of benzene rings is 1. The molecular weight excluding hydrogens is 308 g/mol. The lowest BCUT2D eigenvalue weighted by Crippen LogP contribution is -2.40. The maximum absolute atomic E-state index is 11.8. The summed E-state index contributed by atoms with van der Waals surface area (Å²) in [6.07, 6.45) is 2.09. The van der Waals surface area contributed by atoms with E-state index in [1.165, 1.54) is 11.8 Å². The van der Waals surface area contributed by atoms with E-state index in [1.54, 1.807) is 0 Å². The summed E-state index contributed by atoms with van der Waals surface area (Å²) in [7, 11) is 0. The first-order valence-corrected chi connectivity index (χ1v) is 7.10. The number of hydrogen-bond donors (Lipinski definition) is 1. The second kappa shape index (κ2) is 5.74. The lowest BCUT2D eigenvalue weighted by molar-refractivity contribution is -0.123. The van der Waals surface area contributed by atoms with E-state index in [0.717, 1.165) is 28.6 Å². The van der Waals surface area contributed by atoms with Gasteiger partial charge >= 0.3 is 0 Å². The van der Waals surface area contributed by atoms with Crippen molar-refractivity contribution in [2.75, 3.05) is 11.4 Å². The van der Waals surface area contributed by atoms with Gasteiger partial charge in [-0.15, -0.1) is 0 Å². The van der Waals surface area contributed by atoms with E-state index in [2.05, 4.69) is 21.2 Å². The van der Waals surface area contributed by atoms with Gasteiger partial charge in [0, 0.05) is 23.1 Å². The van der Waals surface area contributed by atoms with E-state index in [4.69, 9.17) is 0 Å². The van der Waals surface area contributed by atoms with Gasteiger partial charge in [-0.1, -0.05) is 15.9 Å². The summed E-state index contributed by atoms with van der Waals surface area (Å²) in [4.78, 5) is 25.1. The van der Waals surface area contributed by atoms with Gasteiger partial charge in [-0.05, 0) is 43.5 Å². The Kier molecular flexibility index (Phi) is 4.24. The highest BCUT2D eigenvalue weighted by Crippen LogP contribution is 2.24. The molecule has 2 amide bonds. The number of nitrogens with one attached hydrogen (secondary N) is 1. The molecular formula is C14H17BrN2O2. The minimum Gasteiger partial charge on any atom is -0.352 e. The van der Waals surface area contributed by atoms with E-state index >= 15 is 0 Å². The van der Waals surface area contributed by atoms with Crippen LogP contribution in [0.2, 0.25) is 0 Å². The average Bonchev–Trinajstić information content (AvgIpc) is 3.10. The predicted octanol–water partition coefficient (Wildman–Crippen LogP) is 2.39. The smallest absolute Gasteiger partial charge is 0.240 e. The van der Waals surface area contributed by atoms with Crippen LogP contribution in [-0.4, -0.2) is 24.4 Å². The van der Waals surface area contributed by atoms with Crippen LogP contribution < -0.4 is 10.2 Å². The molecule has 0 heterocycles. The van der Waals surface area contributed by atoms with Gasteiger partial charge < -0.3 is 10.2 Å². The molecule has 1 aliphatic carbocycles. The third kappa shape index (κ3) is 3.80. The Morgan fingerprint density at radius 1 is 1.42 bits per heavy atom. The molecule has 0 atom stereocenters. The molecule has 0 aliphatic heterocycles. The van der Waals surface area contributed by atoms with Crippen molar-refractivity contribution < 1.29 is 9.59 Å². The Morgan fingerprint density at radius 3 is 2.63 bits per heavy atom. The Balaban J connectivity index is 2.14. The van der Waals surface area contributed by atoms with Crippen LogP contribution in [0, 0.1) is 6.92 Å². The maximum atomic E-state index is 11.8. The number of carbonyl (C=O) groups excluding carboxylic acids is 2. The van der Waals surface area contributed by atoms with Crippen LogP contribution >= 0.6 is 15.9 Å². The van der Waals surface area contributed by atoms with Crippen molar-refractivity contribution in [1.29, 1.82) is 0 Å². The molecule has 1 fully saturated rings. The van der Waals surface area contributed by atoms with E-state index in [9.17, 15) is 9.59 Å².